The van der Waals surface area contributed by atoms with Crippen molar-refractivity contribution in [3.63, 3.8) is 0 Å². The van der Waals surface area contributed by atoms with E-state index in [4.69, 9.17) is 40.9 Å². The lowest BCUT2D eigenvalue weighted by Crippen LogP contribution is -2.54. The van der Waals surface area contributed by atoms with Gasteiger partial charge in [0.1, 0.15) is 24.4 Å². The van der Waals surface area contributed by atoms with Gasteiger partial charge >= 0.3 is 18.2 Å². The number of nitrogens with two attached hydrogens (primary N) is 3. The number of benzene rings is 4. The highest BCUT2D eigenvalue weighted by Gasteiger charge is 2.37. The van der Waals surface area contributed by atoms with Gasteiger partial charge in [-0.15, -0.1) is 0 Å². The largest absolute Gasteiger partial charge is 0.458 e. The molecular formula is C56H80N8O15S2. The Bertz CT molecular complexity index is 2790. The van der Waals surface area contributed by atoms with Crippen LogP contribution in [-0.2, 0) is 61.4 Å². The van der Waals surface area contributed by atoms with E-state index in [1.54, 1.807) is 0 Å². The molecule has 9 N–H and O–H groups in total. The van der Waals surface area contributed by atoms with E-state index < -0.39 is 79.6 Å². The second-order valence-electron chi connectivity index (χ2n) is 20.8. The van der Waals surface area contributed by atoms with Crippen LogP contribution in [0.1, 0.15) is 70.9 Å². The Hall–Kier alpha value is -6.29. The van der Waals surface area contributed by atoms with Gasteiger partial charge in [0, 0.05) is 50.3 Å². The van der Waals surface area contributed by atoms with Gasteiger partial charge in [-0.1, -0.05) is 94.8 Å². The predicted molar refractivity (Wildman–Crippen MR) is 303 cm³/mol. The Kier molecular flexibility index (Phi) is 26.2. The van der Waals surface area contributed by atoms with Gasteiger partial charge in [-0.05, 0) is 91.6 Å². The predicted octanol–water partition coefficient (Wildman–Crippen LogP) is 5.14. The molecule has 7 atom stereocenters. The number of nitrogens with one attached hydrogen (secondary N) is 2. The van der Waals surface area contributed by atoms with Crippen molar-refractivity contribution in [1.29, 1.82) is 0 Å². The smallest absolute Gasteiger partial charge is 0.407 e. The zero-order valence-electron chi connectivity index (χ0n) is 46.5. The maximum atomic E-state index is 13.9. The van der Waals surface area contributed by atoms with E-state index in [0.29, 0.717) is 64.2 Å². The molecule has 23 nitrogen and oxygen atoms in total. The minimum atomic E-state index is -4.10. The number of esters is 1. The molecule has 25 heteroatoms. The third kappa shape index (κ3) is 21.5. The number of hydrogen-bond donors (Lipinski definition) is 6. The Morgan fingerprint density at radius 2 is 1.15 bits per heavy atom. The first-order chi connectivity index (χ1) is 38.5. The van der Waals surface area contributed by atoms with Gasteiger partial charge in [0.2, 0.25) is 20.0 Å². The standard InChI is InChI=1S/C31H47N5O7S.C25H33N3O8S/c1-22(2)19-36(44(39,40)26-13-11-24(33)12-14-26)20-29(43-30(37)27(34)10-6-7-16-32)28(18-23-8-4-3-5-9-23)35-31(38)42-25-15-17-41-21-25;1-18(2)15-27(37(33,34)22-10-8-20(9-11-22)28(31)32)16-24(29)23(14-19-6-4-3-5-7-19)26-25(30)36-21-12-13-35-17-21/h3-5,8-9,11-14,22,25,27-29H,6-7,10,15-21,32-34H2,1-2H3,(H,35,38);3-11,18,21,23-24,29H,12-17H2,1-2H3,(H,26,30)/t25-,27-,28-,29+;21?,23-,24?/m00/s1. The molecule has 6 rings (SSSR count). The summed E-state index contributed by atoms with van der Waals surface area (Å²) in [7, 11) is -8.15. The van der Waals surface area contributed by atoms with E-state index in [1.165, 1.54) is 40.7 Å². The van der Waals surface area contributed by atoms with Crippen LogP contribution in [0, 0.1) is 22.0 Å². The summed E-state index contributed by atoms with van der Waals surface area (Å²) >= 11 is 0. The number of carbonyl (C=O) groups excluding carboxylic acids is 3. The fraction of sp³-hybridized carbons (Fsp3) is 0.518. The lowest BCUT2D eigenvalue weighted by Gasteiger charge is -2.33. The average Bonchev–Trinajstić information content (AvgIpc) is 4.26. The molecular weight excluding hydrogens is 1090 g/mol. The Labute approximate surface area is 475 Å². The molecule has 2 unspecified atom stereocenters. The quantitative estimate of drug-likeness (QED) is 0.0102. The Balaban J connectivity index is 0.000000302. The second-order valence-corrected chi connectivity index (χ2v) is 24.7. The van der Waals surface area contributed by atoms with E-state index >= 15 is 0 Å². The lowest BCUT2D eigenvalue weighted by atomic mass is 10.0. The number of aliphatic hydroxyl groups is 1. The number of carbonyl (C=O) groups is 3. The van der Waals surface area contributed by atoms with E-state index in [0.717, 1.165) is 27.6 Å². The van der Waals surface area contributed by atoms with E-state index in [2.05, 4.69) is 10.6 Å². The van der Waals surface area contributed by atoms with E-state index in [1.807, 2.05) is 88.4 Å². The van der Waals surface area contributed by atoms with Gasteiger partial charge < -0.3 is 56.6 Å². The molecule has 0 radical (unpaired) electrons. The number of ether oxygens (including phenoxy) is 5. The third-order valence-electron chi connectivity index (χ3n) is 13.1. The molecule has 2 aliphatic heterocycles. The number of anilines is 1. The van der Waals surface area contributed by atoms with Crippen molar-refractivity contribution in [3.05, 3.63) is 130 Å². The molecule has 0 aliphatic carbocycles. The van der Waals surface area contributed by atoms with Gasteiger partial charge in [-0.3, -0.25) is 14.9 Å². The fourth-order valence-electron chi connectivity index (χ4n) is 8.86. The zero-order valence-corrected chi connectivity index (χ0v) is 48.1. The molecule has 4 aromatic rings. The summed E-state index contributed by atoms with van der Waals surface area (Å²) < 4.78 is 84.6. The van der Waals surface area contributed by atoms with Crippen molar-refractivity contribution in [2.75, 3.05) is 64.9 Å². The molecule has 81 heavy (non-hydrogen) atoms. The normalized spacial score (nSPS) is 17.4. The molecule has 0 aromatic heterocycles. The van der Waals surface area contributed by atoms with Crippen LogP contribution < -0.4 is 27.8 Å². The first-order valence-electron chi connectivity index (χ1n) is 27.2. The van der Waals surface area contributed by atoms with Gasteiger partial charge in [0.25, 0.3) is 5.69 Å². The minimum Gasteiger partial charge on any atom is -0.458 e. The number of nitro groups is 1. The van der Waals surface area contributed by atoms with Crippen LogP contribution in [0.5, 0.6) is 0 Å². The highest BCUT2D eigenvalue weighted by Crippen LogP contribution is 2.25. The average molecular weight is 1170 g/mol. The fourth-order valence-corrected chi connectivity index (χ4v) is 12.1. The van der Waals surface area contributed by atoms with Gasteiger partial charge in [0.05, 0.1) is 65.9 Å². The van der Waals surface area contributed by atoms with Crippen molar-refractivity contribution >= 4 is 49.6 Å². The number of alkyl carbamates (subject to hydrolysis) is 2. The summed E-state index contributed by atoms with van der Waals surface area (Å²) in [4.78, 5) is 49.3. The summed E-state index contributed by atoms with van der Waals surface area (Å²) in [6.45, 7) is 9.18. The molecule has 0 saturated carbocycles. The number of hydrogen-bond acceptors (Lipinski definition) is 18. The van der Waals surface area contributed by atoms with Crippen LogP contribution in [0.4, 0.5) is 21.0 Å². The second kappa shape index (κ2) is 32.4. The monoisotopic (exact) mass is 1170 g/mol. The lowest BCUT2D eigenvalue weighted by molar-refractivity contribution is -0.384. The molecule has 2 saturated heterocycles. The summed E-state index contributed by atoms with van der Waals surface area (Å²) in [5.74, 6) is -0.840. The first-order valence-corrected chi connectivity index (χ1v) is 30.1. The SMILES string of the molecule is CC(C)CN(CC(O)[C@H](Cc1ccccc1)NC(=O)OC1CCOC1)S(=O)(=O)c1ccc([N+](=O)[O-])cc1.CC(C)CN(C[C@@H](OC(=O)[C@@H](N)CCCCN)[C@H](Cc1ccccc1)NC(=O)O[C@H]1CCOC1)S(=O)(=O)c1ccc(N)cc1. The summed E-state index contributed by atoms with van der Waals surface area (Å²) in [5.41, 5.74) is 19.5. The topological polar surface area (TPSA) is 338 Å². The molecule has 2 amide bonds. The van der Waals surface area contributed by atoms with Crippen molar-refractivity contribution in [3.8, 4) is 0 Å². The molecule has 0 spiro atoms. The van der Waals surface area contributed by atoms with Crippen LogP contribution in [0.3, 0.4) is 0 Å². The van der Waals surface area contributed by atoms with Crippen LogP contribution in [-0.4, -0.2) is 155 Å². The number of rotatable bonds is 29. The third-order valence-corrected chi connectivity index (χ3v) is 16.8. The number of aliphatic hydroxyl groups excluding tert-OH is 1. The molecule has 2 heterocycles. The highest BCUT2D eigenvalue weighted by atomic mass is 32.2. The minimum absolute atomic E-state index is 0.0455. The maximum Gasteiger partial charge on any atom is 0.407 e. The molecule has 2 fully saturated rings. The van der Waals surface area contributed by atoms with E-state index in [9.17, 15) is 46.4 Å². The Morgan fingerprint density at radius 3 is 1.59 bits per heavy atom. The number of nitrogens with zero attached hydrogens (tertiary/aromatic N) is 3. The maximum absolute atomic E-state index is 13.9. The summed E-state index contributed by atoms with van der Waals surface area (Å²) in [6.07, 6.45) is -1.33. The number of non-ortho nitro benzene ring substituents is 1. The van der Waals surface area contributed by atoms with Gasteiger partial charge in [-0.25, -0.2) is 26.4 Å². The molecule has 2 aliphatic rings. The van der Waals surface area contributed by atoms with Crippen LogP contribution >= 0.6 is 0 Å². The highest BCUT2D eigenvalue weighted by molar-refractivity contribution is 7.89. The zero-order chi connectivity index (χ0) is 59.1. The number of sulfonamides is 2. The number of amides is 2. The van der Waals surface area contributed by atoms with Gasteiger partial charge in [-0.2, -0.15) is 8.61 Å². The molecule has 0 bridgehead atoms. The number of nitrogen functional groups attached to an aromatic ring is 1. The van der Waals surface area contributed by atoms with Crippen molar-refractivity contribution in [1.82, 2.24) is 19.2 Å². The van der Waals surface area contributed by atoms with Crippen LogP contribution in [0.15, 0.2) is 119 Å². The summed E-state index contributed by atoms with van der Waals surface area (Å²) in [5, 5.41) is 27.7. The van der Waals surface area contributed by atoms with Gasteiger partial charge in [0.15, 0.2) is 0 Å². The van der Waals surface area contributed by atoms with E-state index in [-0.39, 0.29) is 79.0 Å². The van der Waals surface area contributed by atoms with Crippen molar-refractivity contribution < 1.29 is 64.9 Å². The van der Waals surface area contributed by atoms with Crippen LogP contribution in [0.2, 0.25) is 0 Å². The molecule has 446 valence electrons. The molecule has 4 aromatic carbocycles. The summed E-state index contributed by atoms with van der Waals surface area (Å²) in [6, 6.07) is 26.4. The number of unbranched alkanes of at least 4 members (excludes halogenated alkanes) is 1. The first kappa shape index (κ1) is 65.5. The van der Waals surface area contributed by atoms with Crippen molar-refractivity contribution in [2.24, 2.45) is 23.3 Å². The number of nitro benzene ring substituents is 1. The van der Waals surface area contributed by atoms with Crippen molar-refractivity contribution in [2.45, 2.75) is 125 Å². The van der Waals surface area contributed by atoms with Crippen LogP contribution in [0.25, 0.3) is 0 Å². The Morgan fingerprint density at radius 1 is 0.691 bits per heavy atom.